The molecule has 6 aromatic carbocycles. The summed E-state index contributed by atoms with van der Waals surface area (Å²) in [5.41, 5.74) is 11.4. The zero-order chi connectivity index (χ0) is 33.3. The highest BCUT2D eigenvalue weighted by atomic mass is 15.1. The van der Waals surface area contributed by atoms with Crippen LogP contribution in [0.25, 0.3) is 72.8 Å². The second kappa shape index (κ2) is 10.8. The predicted octanol–water partition coefficient (Wildman–Crippen LogP) is 11.2. The van der Waals surface area contributed by atoms with Crippen molar-refractivity contribution in [2.45, 2.75) is 38.5 Å². The van der Waals surface area contributed by atoms with Crippen LogP contribution in [0.3, 0.4) is 0 Å². The summed E-state index contributed by atoms with van der Waals surface area (Å²) in [5, 5.41) is 2.48. The van der Waals surface area contributed by atoms with Crippen molar-refractivity contribution < 1.29 is 0 Å². The largest absolute Gasteiger partial charge is 0.308 e. The molecule has 1 aliphatic rings. The van der Waals surface area contributed by atoms with Crippen LogP contribution in [0.2, 0.25) is 0 Å². The Morgan fingerprint density at radius 2 is 0.980 bits per heavy atom. The number of para-hydroxylation sites is 2. The first-order valence-electron chi connectivity index (χ1n) is 17.0. The number of nitrogens with zero attached hydrogens (tertiary/aromatic N) is 4. The molecule has 0 saturated heterocycles. The summed E-state index contributed by atoms with van der Waals surface area (Å²) < 4.78 is 2.47. The average Bonchev–Trinajstić information content (AvgIpc) is 3.48. The predicted molar refractivity (Wildman–Crippen MR) is 202 cm³/mol. The second-order valence-corrected chi connectivity index (χ2v) is 14.1. The summed E-state index contributed by atoms with van der Waals surface area (Å²) in [4.78, 5) is 15.3. The molecule has 0 bridgehead atoms. The van der Waals surface area contributed by atoms with Crippen molar-refractivity contribution in [3.63, 3.8) is 0 Å². The minimum atomic E-state index is -0.189. The van der Waals surface area contributed by atoms with Crippen molar-refractivity contribution in [1.29, 1.82) is 0 Å². The van der Waals surface area contributed by atoms with E-state index in [0.29, 0.717) is 17.5 Å². The topological polar surface area (TPSA) is 43.6 Å². The Labute approximate surface area is 286 Å². The van der Waals surface area contributed by atoms with Crippen LogP contribution in [0.15, 0.2) is 146 Å². The molecular weight excluding hydrogens is 597 g/mol. The third kappa shape index (κ3) is 4.33. The van der Waals surface area contributed by atoms with Crippen molar-refractivity contribution in [3.05, 3.63) is 157 Å². The van der Waals surface area contributed by atoms with Gasteiger partial charge in [0.25, 0.3) is 0 Å². The van der Waals surface area contributed by atoms with E-state index in [2.05, 4.69) is 141 Å². The first-order valence-corrected chi connectivity index (χ1v) is 17.0. The Kier molecular flexibility index (Phi) is 6.47. The van der Waals surface area contributed by atoms with E-state index in [4.69, 9.17) is 15.0 Å². The Bertz CT molecular complexity index is 2480. The summed E-state index contributed by atoms with van der Waals surface area (Å²) in [7, 11) is 0. The molecule has 9 rings (SSSR count). The third-order valence-corrected chi connectivity index (χ3v) is 11.0. The zero-order valence-electron chi connectivity index (χ0n) is 28.1. The normalized spacial score (nSPS) is 14.4. The van der Waals surface area contributed by atoms with Gasteiger partial charge in [-0.25, -0.2) is 15.0 Å². The highest BCUT2D eigenvalue weighted by Crippen LogP contribution is 2.56. The molecule has 0 unspecified atom stereocenters. The third-order valence-electron chi connectivity index (χ3n) is 11.0. The number of hydrogen-bond donors (Lipinski definition) is 0. The number of rotatable bonds is 4. The molecule has 0 saturated carbocycles. The summed E-state index contributed by atoms with van der Waals surface area (Å²) in [5.74, 6) is 1.95. The van der Waals surface area contributed by atoms with Crippen LogP contribution in [0.1, 0.15) is 38.8 Å². The van der Waals surface area contributed by atoms with Crippen molar-refractivity contribution in [2.24, 2.45) is 0 Å². The SMILES string of the molecule is CC1(C)c2ccccc2-c2ccc3c4ccccc4n(-c4ccccc4-c4nc(-c5ccccc5)nc(-c5ccccc5)n4)c3c2C1(C)C. The van der Waals surface area contributed by atoms with E-state index in [1.165, 1.54) is 38.5 Å². The minimum absolute atomic E-state index is 0.116. The number of hydrogen-bond acceptors (Lipinski definition) is 3. The van der Waals surface area contributed by atoms with Crippen LogP contribution in [-0.2, 0) is 10.8 Å². The quantitative estimate of drug-likeness (QED) is 0.194. The lowest BCUT2D eigenvalue weighted by Gasteiger charge is -2.48. The highest BCUT2D eigenvalue weighted by Gasteiger charge is 2.47. The Balaban J connectivity index is 1.39. The zero-order valence-corrected chi connectivity index (χ0v) is 28.1. The Hall–Kier alpha value is -5.87. The van der Waals surface area contributed by atoms with Crippen molar-refractivity contribution >= 4 is 21.8 Å². The number of aromatic nitrogens is 4. The molecule has 0 N–H and O–H groups in total. The fraction of sp³-hybridized carbons (Fsp3) is 0.133. The lowest BCUT2D eigenvalue weighted by atomic mass is 9.55. The first-order chi connectivity index (χ1) is 23.8. The molecule has 2 heterocycles. The van der Waals surface area contributed by atoms with Crippen LogP contribution in [-0.4, -0.2) is 19.5 Å². The van der Waals surface area contributed by atoms with Gasteiger partial charge in [0.1, 0.15) is 0 Å². The summed E-state index contributed by atoms with van der Waals surface area (Å²) in [6.07, 6.45) is 0. The molecule has 8 aromatic rings. The number of benzene rings is 6. The van der Waals surface area contributed by atoms with E-state index >= 15 is 0 Å². The summed E-state index contributed by atoms with van der Waals surface area (Å²) >= 11 is 0. The number of fused-ring (bicyclic) bond motifs is 7. The second-order valence-electron chi connectivity index (χ2n) is 14.1. The van der Waals surface area contributed by atoms with E-state index in [1.807, 2.05) is 36.4 Å². The molecule has 1 aliphatic carbocycles. The molecule has 0 spiro atoms. The summed E-state index contributed by atoms with van der Waals surface area (Å²) in [6.45, 7) is 9.63. The fourth-order valence-electron chi connectivity index (χ4n) is 7.86. The van der Waals surface area contributed by atoms with Gasteiger partial charge in [0.2, 0.25) is 0 Å². The van der Waals surface area contributed by atoms with E-state index < -0.39 is 0 Å². The van der Waals surface area contributed by atoms with E-state index in [-0.39, 0.29) is 10.8 Å². The van der Waals surface area contributed by atoms with E-state index in [1.54, 1.807) is 0 Å². The van der Waals surface area contributed by atoms with E-state index in [0.717, 1.165) is 27.9 Å². The van der Waals surface area contributed by atoms with Crippen molar-refractivity contribution in [2.75, 3.05) is 0 Å². The average molecular weight is 633 g/mol. The van der Waals surface area contributed by atoms with Crippen LogP contribution >= 0.6 is 0 Å². The monoisotopic (exact) mass is 632 g/mol. The van der Waals surface area contributed by atoms with Gasteiger partial charge in [-0.05, 0) is 45.9 Å². The standard InChI is InChI=1S/C45H36N4/c1-44(2)36-24-14-11-21-31(36)33-27-28-34-32-22-12-15-25-37(32)49(40(34)39(33)45(44,3)4)38-26-16-13-23-35(38)43-47-41(29-17-7-5-8-18-29)46-42(48-43)30-19-9-6-10-20-30/h5-28H,1-4H3. The molecule has 0 aliphatic heterocycles. The van der Waals surface area contributed by atoms with Gasteiger partial charge in [-0.2, -0.15) is 0 Å². The van der Waals surface area contributed by atoms with Gasteiger partial charge in [-0.1, -0.05) is 155 Å². The maximum Gasteiger partial charge on any atom is 0.166 e. The lowest BCUT2D eigenvalue weighted by molar-refractivity contribution is 0.301. The molecule has 2 aromatic heterocycles. The van der Waals surface area contributed by atoms with E-state index in [9.17, 15) is 0 Å². The molecule has 0 amide bonds. The van der Waals surface area contributed by atoms with Crippen molar-refractivity contribution in [1.82, 2.24) is 19.5 Å². The van der Waals surface area contributed by atoms with Gasteiger partial charge >= 0.3 is 0 Å². The molecule has 4 nitrogen and oxygen atoms in total. The summed E-state index contributed by atoms with van der Waals surface area (Å²) in [6, 6.07) is 51.3. The first kappa shape index (κ1) is 29.3. The maximum atomic E-state index is 5.16. The van der Waals surface area contributed by atoms with Crippen LogP contribution in [0, 0.1) is 0 Å². The smallest absolute Gasteiger partial charge is 0.166 e. The fourth-order valence-corrected chi connectivity index (χ4v) is 7.86. The lowest BCUT2D eigenvalue weighted by Crippen LogP contribution is -2.43. The van der Waals surface area contributed by atoms with Gasteiger partial charge in [0.05, 0.1) is 16.7 Å². The van der Waals surface area contributed by atoms with Gasteiger partial charge in [0.15, 0.2) is 17.5 Å². The van der Waals surface area contributed by atoms with Crippen molar-refractivity contribution in [3.8, 4) is 51.0 Å². The molecule has 236 valence electrons. The minimum Gasteiger partial charge on any atom is -0.308 e. The molecular formula is C45H36N4. The van der Waals surface area contributed by atoms with Gasteiger partial charge in [-0.3, -0.25) is 0 Å². The van der Waals surface area contributed by atoms with Crippen LogP contribution < -0.4 is 0 Å². The van der Waals surface area contributed by atoms with Gasteiger partial charge in [-0.15, -0.1) is 0 Å². The Morgan fingerprint density at radius 1 is 0.429 bits per heavy atom. The molecule has 0 atom stereocenters. The molecule has 4 heteroatoms. The molecule has 49 heavy (non-hydrogen) atoms. The maximum absolute atomic E-state index is 5.16. The van der Waals surface area contributed by atoms with Gasteiger partial charge < -0.3 is 4.57 Å². The van der Waals surface area contributed by atoms with Crippen LogP contribution in [0.4, 0.5) is 0 Å². The highest BCUT2D eigenvalue weighted by molar-refractivity contribution is 6.13. The van der Waals surface area contributed by atoms with Gasteiger partial charge in [0, 0.05) is 32.9 Å². The van der Waals surface area contributed by atoms with Crippen LogP contribution in [0.5, 0.6) is 0 Å². The molecule has 0 fully saturated rings. The Morgan fingerprint density at radius 3 is 1.67 bits per heavy atom. The molecule has 0 radical (unpaired) electrons.